The molecule has 5 heteroatoms. The largest absolute Gasteiger partial charge is 0.325 e. The number of nitrogens with one attached hydrogen (secondary N) is 1. The third-order valence-corrected chi connectivity index (χ3v) is 5.11. The molecule has 0 saturated heterocycles. The Labute approximate surface area is 181 Å². The highest BCUT2D eigenvalue weighted by molar-refractivity contribution is 6.14. The SMILES string of the molecule is CC(C)C(=O)C(C(=O)Nc1ccccc1)C(C(=O)c1ccccc1F)c1ccccc1. The van der Waals surface area contributed by atoms with Crippen LogP contribution in [-0.2, 0) is 9.59 Å². The number of ketones is 2. The summed E-state index contributed by atoms with van der Waals surface area (Å²) in [7, 11) is 0. The van der Waals surface area contributed by atoms with E-state index in [4.69, 9.17) is 0 Å². The number of carbonyl (C=O) groups excluding carboxylic acids is 3. The van der Waals surface area contributed by atoms with E-state index < -0.39 is 35.3 Å². The molecule has 1 amide bonds. The number of halogens is 1. The first kappa shape index (κ1) is 22.1. The number of anilines is 1. The number of para-hydroxylation sites is 1. The summed E-state index contributed by atoms with van der Waals surface area (Å²) in [6, 6.07) is 22.9. The number of rotatable bonds is 8. The summed E-state index contributed by atoms with van der Waals surface area (Å²) in [4.78, 5) is 40.0. The average Bonchev–Trinajstić information content (AvgIpc) is 2.78. The van der Waals surface area contributed by atoms with Crippen molar-refractivity contribution in [1.29, 1.82) is 0 Å². The molecule has 3 rings (SSSR count). The minimum Gasteiger partial charge on any atom is -0.325 e. The molecule has 31 heavy (non-hydrogen) atoms. The van der Waals surface area contributed by atoms with Gasteiger partial charge in [-0.2, -0.15) is 0 Å². The van der Waals surface area contributed by atoms with Crippen LogP contribution in [0.4, 0.5) is 10.1 Å². The second-order valence-electron chi connectivity index (χ2n) is 7.62. The van der Waals surface area contributed by atoms with Crippen LogP contribution < -0.4 is 5.32 Å². The summed E-state index contributed by atoms with van der Waals surface area (Å²) in [5.41, 5.74) is 0.850. The molecular formula is C26H24FNO3. The van der Waals surface area contributed by atoms with Crippen molar-refractivity contribution in [2.45, 2.75) is 19.8 Å². The Morgan fingerprint density at radius 3 is 1.90 bits per heavy atom. The first-order valence-electron chi connectivity index (χ1n) is 10.1. The van der Waals surface area contributed by atoms with Gasteiger partial charge in [0, 0.05) is 11.6 Å². The van der Waals surface area contributed by atoms with Gasteiger partial charge in [-0.1, -0.05) is 74.5 Å². The van der Waals surface area contributed by atoms with Crippen molar-refractivity contribution in [3.8, 4) is 0 Å². The summed E-state index contributed by atoms with van der Waals surface area (Å²) in [6.45, 7) is 3.36. The van der Waals surface area contributed by atoms with Crippen LogP contribution in [0.25, 0.3) is 0 Å². The van der Waals surface area contributed by atoms with Crippen LogP contribution in [0.15, 0.2) is 84.9 Å². The minimum atomic E-state index is -1.31. The van der Waals surface area contributed by atoms with E-state index in [9.17, 15) is 18.8 Å². The molecule has 4 nitrogen and oxygen atoms in total. The summed E-state index contributed by atoms with van der Waals surface area (Å²) in [5, 5.41) is 2.74. The molecule has 0 bridgehead atoms. The predicted octanol–water partition coefficient (Wildman–Crippen LogP) is 5.27. The third kappa shape index (κ3) is 5.12. The molecule has 0 aliphatic rings. The van der Waals surface area contributed by atoms with Gasteiger partial charge in [0.1, 0.15) is 17.5 Å². The van der Waals surface area contributed by atoms with Gasteiger partial charge < -0.3 is 5.32 Å². The van der Waals surface area contributed by atoms with Gasteiger partial charge in [-0.25, -0.2) is 4.39 Å². The number of amides is 1. The molecule has 0 fully saturated rings. The fraction of sp³-hybridized carbons (Fsp3) is 0.192. The molecule has 0 radical (unpaired) electrons. The summed E-state index contributed by atoms with van der Waals surface area (Å²) in [6.07, 6.45) is 0. The number of Topliss-reactive ketones (excluding diaryl/α,β-unsaturated/α-hetero) is 2. The number of carbonyl (C=O) groups is 3. The number of hydrogen-bond donors (Lipinski definition) is 1. The first-order valence-corrected chi connectivity index (χ1v) is 10.1. The fourth-order valence-electron chi connectivity index (χ4n) is 3.53. The Balaban J connectivity index is 2.11. The normalized spacial score (nSPS) is 12.8. The Hall–Kier alpha value is -3.60. The van der Waals surface area contributed by atoms with Crippen molar-refractivity contribution in [1.82, 2.24) is 0 Å². The summed E-state index contributed by atoms with van der Waals surface area (Å²) in [5.74, 6) is -5.23. The van der Waals surface area contributed by atoms with Gasteiger partial charge in [0.15, 0.2) is 5.78 Å². The monoisotopic (exact) mass is 417 g/mol. The Bertz CT molecular complexity index is 1060. The van der Waals surface area contributed by atoms with E-state index in [1.807, 2.05) is 0 Å². The van der Waals surface area contributed by atoms with Gasteiger partial charge in [0.25, 0.3) is 0 Å². The molecule has 0 saturated carbocycles. The number of hydrogen-bond acceptors (Lipinski definition) is 3. The van der Waals surface area contributed by atoms with Crippen molar-refractivity contribution < 1.29 is 18.8 Å². The fourth-order valence-corrected chi connectivity index (χ4v) is 3.53. The van der Waals surface area contributed by atoms with Gasteiger partial charge in [0.2, 0.25) is 5.91 Å². The van der Waals surface area contributed by atoms with E-state index >= 15 is 0 Å². The lowest BCUT2D eigenvalue weighted by Crippen LogP contribution is -2.40. The lowest BCUT2D eigenvalue weighted by Gasteiger charge is -2.26. The molecule has 2 unspecified atom stereocenters. The minimum absolute atomic E-state index is 0.148. The zero-order valence-electron chi connectivity index (χ0n) is 17.4. The molecule has 0 aromatic heterocycles. The van der Waals surface area contributed by atoms with Gasteiger partial charge in [-0.15, -0.1) is 0 Å². The van der Waals surface area contributed by atoms with Crippen molar-refractivity contribution in [3.05, 3.63) is 102 Å². The summed E-state index contributed by atoms with van der Waals surface area (Å²) >= 11 is 0. The average molecular weight is 417 g/mol. The predicted molar refractivity (Wildman–Crippen MR) is 118 cm³/mol. The molecule has 1 N–H and O–H groups in total. The highest BCUT2D eigenvalue weighted by atomic mass is 19.1. The van der Waals surface area contributed by atoms with Crippen molar-refractivity contribution in [2.75, 3.05) is 5.32 Å². The van der Waals surface area contributed by atoms with E-state index in [-0.39, 0.29) is 11.3 Å². The topological polar surface area (TPSA) is 63.2 Å². The standard InChI is InChI=1S/C26H24FNO3/c1-17(2)24(29)23(26(31)28-19-13-7-4-8-14-19)22(18-11-5-3-6-12-18)25(30)20-15-9-10-16-21(20)27/h3-17,22-23H,1-2H3,(H,28,31). The number of benzene rings is 3. The second-order valence-corrected chi connectivity index (χ2v) is 7.62. The maximum atomic E-state index is 14.5. The first-order chi connectivity index (χ1) is 14.9. The Kier molecular flexibility index (Phi) is 7.08. The molecule has 3 aromatic rings. The molecule has 0 aliphatic heterocycles. The molecule has 0 spiro atoms. The zero-order valence-corrected chi connectivity index (χ0v) is 17.4. The van der Waals surface area contributed by atoms with Crippen molar-refractivity contribution in [3.63, 3.8) is 0 Å². The van der Waals surface area contributed by atoms with E-state index in [0.29, 0.717) is 11.3 Å². The van der Waals surface area contributed by atoms with Crippen LogP contribution in [-0.4, -0.2) is 17.5 Å². The van der Waals surface area contributed by atoms with Crippen LogP contribution in [0, 0.1) is 17.7 Å². The molecule has 2 atom stereocenters. The quantitative estimate of drug-likeness (QED) is 0.401. The maximum absolute atomic E-state index is 14.5. The van der Waals surface area contributed by atoms with E-state index in [2.05, 4.69) is 5.32 Å². The smallest absolute Gasteiger partial charge is 0.236 e. The Morgan fingerprint density at radius 2 is 1.32 bits per heavy atom. The van der Waals surface area contributed by atoms with Crippen molar-refractivity contribution in [2.24, 2.45) is 11.8 Å². The van der Waals surface area contributed by atoms with Crippen LogP contribution in [0.2, 0.25) is 0 Å². The van der Waals surface area contributed by atoms with Crippen LogP contribution in [0.1, 0.15) is 35.7 Å². The Morgan fingerprint density at radius 1 is 0.774 bits per heavy atom. The molecule has 0 heterocycles. The van der Waals surface area contributed by atoms with Gasteiger partial charge >= 0.3 is 0 Å². The van der Waals surface area contributed by atoms with Crippen LogP contribution in [0.5, 0.6) is 0 Å². The van der Waals surface area contributed by atoms with E-state index in [1.54, 1.807) is 80.6 Å². The summed E-state index contributed by atoms with van der Waals surface area (Å²) < 4.78 is 14.5. The van der Waals surface area contributed by atoms with Gasteiger partial charge in [-0.05, 0) is 29.8 Å². The second kappa shape index (κ2) is 9.94. The third-order valence-electron chi connectivity index (χ3n) is 5.11. The van der Waals surface area contributed by atoms with Crippen LogP contribution >= 0.6 is 0 Å². The van der Waals surface area contributed by atoms with E-state index in [1.165, 1.54) is 18.2 Å². The van der Waals surface area contributed by atoms with Crippen molar-refractivity contribution >= 4 is 23.2 Å². The highest BCUT2D eigenvalue weighted by Gasteiger charge is 2.41. The van der Waals surface area contributed by atoms with Crippen LogP contribution in [0.3, 0.4) is 0 Å². The molecule has 3 aromatic carbocycles. The van der Waals surface area contributed by atoms with E-state index in [0.717, 1.165) is 0 Å². The molecule has 0 aliphatic carbocycles. The molecular weight excluding hydrogens is 393 g/mol. The zero-order chi connectivity index (χ0) is 22.4. The van der Waals surface area contributed by atoms with Gasteiger partial charge in [-0.3, -0.25) is 14.4 Å². The highest BCUT2D eigenvalue weighted by Crippen LogP contribution is 2.33. The molecule has 158 valence electrons. The van der Waals surface area contributed by atoms with Gasteiger partial charge in [0.05, 0.1) is 11.5 Å². The lowest BCUT2D eigenvalue weighted by atomic mass is 9.75. The maximum Gasteiger partial charge on any atom is 0.236 e. The lowest BCUT2D eigenvalue weighted by molar-refractivity contribution is -0.133.